The molecule has 3 rings (SSSR count). The molecule has 1 fully saturated rings. The van der Waals surface area contributed by atoms with Gasteiger partial charge in [0.1, 0.15) is 0 Å². The van der Waals surface area contributed by atoms with Crippen LogP contribution in [0.3, 0.4) is 0 Å². The Morgan fingerprint density at radius 1 is 1.21 bits per heavy atom. The van der Waals surface area contributed by atoms with E-state index in [1.807, 2.05) is 24.3 Å². The predicted octanol–water partition coefficient (Wildman–Crippen LogP) is 4.55. The Morgan fingerprint density at radius 3 is 2.54 bits per heavy atom. The van der Waals surface area contributed by atoms with Crippen LogP contribution >= 0.6 is 39.9 Å². The summed E-state index contributed by atoms with van der Waals surface area (Å²) in [5, 5.41) is 8.95. The molecular weight excluding hydrogens is 410 g/mol. The number of carbonyl (C=O) groups excluding carboxylic acids is 1. The fourth-order valence-electron chi connectivity index (χ4n) is 2.19. The summed E-state index contributed by atoms with van der Waals surface area (Å²) in [7, 11) is 0. The normalized spacial score (nSPS) is 16.0. The van der Waals surface area contributed by atoms with E-state index in [1.165, 1.54) is 28.8 Å². The van der Waals surface area contributed by atoms with Gasteiger partial charge in [-0.15, -0.1) is 0 Å². The number of halogens is 1. The highest BCUT2D eigenvalue weighted by Gasteiger charge is 2.33. The minimum absolute atomic E-state index is 0.161. The molecule has 0 bridgehead atoms. The lowest BCUT2D eigenvalue weighted by Gasteiger charge is -2.14. The summed E-state index contributed by atoms with van der Waals surface area (Å²) in [6, 6.07) is 13.7. The van der Waals surface area contributed by atoms with Gasteiger partial charge in [-0.1, -0.05) is 52.0 Å². The topological polar surface area (TPSA) is 57.6 Å². The highest BCUT2D eigenvalue weighted by Crippen LogP contribution is 2.36. The average Bonchev–Trinajstić information content (AvgIpc) is 2.81. The second-order valence-electron chi connectivity index (χ2n) is 4.92. The number of carboxylic acid groups (broad SMARTS) is 1. The van der Waals surface area contributed by atoms with Crippen molar-refractivity contribution in [2.24, 2.45) is 0 Å². The number of thiocarbonyl (C=S) groups is 1. The third-order valence-corrected chi connectivity index (χ3v) is 5.11. The monoisotopic (exact) mass is 419 g/mol. The second kappa shape index (κ2) is 6.88. The second-order valence-corrected chi connectivity index (χ2v) is 7.52. The van der Waals surface area contributed by atoms with Crippen LogP contribution in [0.2, 0.25) is 0 Å². The average molecular weight is 420 g/mol. The van der Waals surface area contributed by atoms with Crippen molar-refractivity contribution in [1.82, 2.24) is 0 Å². The molecule has 1 N–H and O–H groups in total. The van der Waals surface area contributed by atoms with Crippen molar-refractivity contribution >= 4 is 67.9 Å². The highest BCUT2D eigenvalue weighted by molar-refractivity contribution is 9.10. The molecule has 0 aliphatic carbocycles. The van der Waals surface area contributed by atoms with Gasteiger partial charge in [-0.3, -0.25) is 9.69 Å². The van der Waals surface area contributed by atoms with Crippen molar-refractivity contribution in [1.29, 1.82) is 0 Å². The summed E-state index contributed by atoms with van der Waals surface area (Å²) in [5.74, 6) is -1.23. The van der Waals surface area contributed by atoms with Crippen LogP contribution in [0.5, 0.6) is 0 Å². The number of amides is 1. The van der Waals surface area contributed by atoms with Crippen LogP contribution in [-0.4, -0.2) is 21.3 Å². The largest absolute Gasteiger partial charge is 0.478 e. The van der Waals surface area contributed by atoms with Gasteiger partial charge in [0.15, 0.2) is 4.32 Å². The molecule has 1 aliphatic heterocycles. The summed E-state index contributed by atoms with van der Waals surface area (Å²) in [4.78, 5) is 25.5. The first-order valence-corrected chi connectivity index (χ1v) is 8.84. The maximum Gasteiger partial charge on any atom is 0.335 e. The molecule has 0 atom stereocenters. The van der Waals surface area contributed by atoms with Crippen molar-refractivity contribution in [2.45, 2.75) is 0 Å². The van der Waals surface area contributed by atoms with Gasteiger partial charge in [0, 0.05) is 4.47 Å². The fraction of sp³-hybridized carbons (Fsp3) is 0. The van der Waals surface area contributed by atoms with Crippen molar-refractivity contribution in [3.63, 3.8) is 0 Å². The number of carboxylic acids is 1. The molecule has 0 radical (unpaired) electrons. The molecule has 0 saturated carbocycles. The van der Waals surface area contributed by atoms with Crippen LogP contribution in [-0.2, 0) is 4.79 Å². The van der Waals surface area contributed by atoms with Gasteiger partial charge in [0.05, 0.1) is 16.2 Å². The number of aromatic carboxylic acids is 1. The van der Waals surface area contributed by atoms with E-state index in [1.54, 1.807) is 18.2 Å². The minimum atomic E-state index is -1.01. The van der Waals surface area contributed by atoms with Crippen LogP contribution in [0.4, 0.5) is 5.69 Å². The first-order chi connectivity index (χ1) is 11.5. The Balaban J connectivity index is 1.90. The zero-order chi connectivity index (χ0) is 17.3. The first kappa shape index (κ1) is 16.9. The fourth-order valence-corrected chi connectivity index (χ4v) is 3.91. The molecule has 1 saturated heterocycles. The van der Waals surface area contributed by atoms with E-state index in [4.69, 9.17) is 17.3 Å². The standard InChI is InChI=1S/C17H10BrNO3S2/c18-12-3-1-2-10(8-12)9-14-15(20)19(17(23)24-14)13-6-4-11(5-7-13)16(21)22/h1-9H,(H,21,22)/b14-9-. The zero-order valence-corrected chi connectivity index (χ0v) is 15.3. The van der Waals surface area contributed by atoms with E-state index < -0.39 is 5.97 Å². The lowest BCUT2D eigenvalue weighted by molar-refractivity contribution is -0.113. The molecule has 0 unspecified atom stereocenters. The molecule has 0 spiro atoms. The molecule has 2 aromatic rings. The van der Waals surface area contributed by atoms with Crippen molar-refractivity contribution < 1.29 is 14.7 Å². The molecular formula is C17H10BrNO3S2. The van der Waals surface area contributed by atoms with Crippen molar-refractivity contribution in [3.8, 4) is 0 Å². The number of hydrogen-bond acceptors (Lipinski definition) is 4. The molecule has 1 aliphatic rings. The number of rotatable bonds is 3. The van der Waals surface area contributed by atoms with Crippen LogP contribution < -0.4 is 4.90 Å². The highest BCUT2D eigenvalue weighted by atomic mass is 79.9. The number of nitrogens with zero attached hydrogens (tertiary/aromatic N) is 1. The third kappa shape index (κ3) is 3.43. The maximum atomic E-state index is 12.6. The third-order valence-electron chi connectivity index (χ3n) is 3.31. The Morgan fingerprint density at radius 2 is 1.92 bits per heavy atom. The van der Waals surface area contributed by atoms with Crippen molar-refractivity contribution in [2.75, 3.05) is 4.90 Å². The number of carbonyl (C=O) groups is 2. The number of thioether (sulfide) groups is 1. The molecule has 1 heterocycles. The zero-order valence-electron chi connectivity index (χ0n) is 12.1. The molecule has 120 valence electrons. The van der Waals surface area contributed by atoms with Crippen molar-refractivity contribution in [3.05, 3.63) is 69.0 Å². The van der Waals surface area contributed by atoms with E-state index >= 15 is 0 Å². The molecule has 24 heavy (non-hydrogen) atoms. The molecule has 4 nitrogen and oxygen atoms in total. The van der Waals surface area contributed by atoms with Gasteiger partial charge in [-0.25, -0.2) is 4.79 Å². The minimum Gasteiger partial charge on any atom is -0.478 e. The van der Waals surface area contributed by atoms with Gasteiger partial charge < -0.3 is 5.11 Å². The SMILES string of the molecule is O=C(O)c1ccc(N2C(=O)/C(=C/c3cccc(Br)c3)SC2=S)cc1. The van der Waals surface area contributed by atoms with Gasteiger partial charge >= 0.3 is 5.97 Å². The summed E-state index contributed by atoms with van der Waals surface area (Å²) in [6.45, 7) is 0. The smallest absolute Gasteiger partial charge is 0.335 e. The Hall–Kier alpha value is -1.96. The number of hydrogen-bond donors (Lipinski definition) is 1. The Kier molecular flexibility index (Phi) is 4.84. The van der Waals surface area contributed by atoms with Gasteiger partial charge in [-0.05, 0) is 48.0 Å². The Labute approximate surface area is 156 Å². The summed E-state index contributed by atoms with van der Waals surface area (Å²) < 4.78 is 1.35. The summed E-state index contributed by atoms with van der Waals surface area (Å²) in [6.07, 6.45) is 1.79. The van der Waals surface area contributed by atoms with E-state index in [-0.39, 0.29) is 11.5 Å². The van der Waals surface area contributed by atoms with Gasteiger partial charge in [0.25, 0.3) is 5.91 Å². The number of benzene rings is 2. The molecule has 7 heteroatoms. The quantitative estimate of drug-likeness (QED) is 0.583. The van der Waals surface area contributed by atoms with Crippen LogP contribution in [0.1, 0.15) is 15.9 Å². The van der Waals surface area contributed by atoms with Gasteiger partial charge in [-0.2, -0.15) is 0 Å². The predicted molar refractivity (Wildman–Crippen MR) is 103 cm³/mol. The van der Waals surface area contributed by atoms with E-state index in [0.29, 0.717) is 14.9 Å². The summed E-state index contributed by atoms with van der Waals surface area (Å²) in [5.41, 5.74) is 1.61. The van der Waals surface area contributed by atoms with Crippen LogP contribution in [0.15, 0.2) is 57.9 Å². The lowest BCUT2D eigenvalue weighted by atomic mass is 10.2. The lowest BCUT2D eigenvalue weighted by Crippen LogP contribution is -2.27. The van der Waals surface area contributed by atoms with E-state index in [2.05, 4.69) is 15.9 Å². The maximum absolute atomic E-state index is 12.6. The molecule has 1 amide bonds. The van der Waals surface area contributed by atoms with Crippen LogP contribution in [0.25, 0.3) is 6.08 Å². The number of anilines is 1. The van der Waals surface area contributed by atoms with E-state index in [9.17, 15) is 9.59 Å². The molecule has 2 aromatic carbocycles. The first-order valence-electron chi connectivity index (χ1n) is 6.82. The van der Waals surface area contributed by atoms with Gasteiger partial charge in [0.2, 0.25) is 0 Å². The van der Waals surface area contributed by atoms with Crippen LogP contribution in [0, 0.1) is 0 Å². The van der Waals surface area contributed by atoms with E-state index in [0.717, 1.165) is 10.0 Å². The Bertz CT molecular complexity index is 878. The molecule has 0 aromatic heterocycles. The summed E-state index contributed by atoms with van der Waals surface area (Å²) >= 11 is 9.93.